The number of amides is 5. The average Bonchev–Trinajstić information content (AvgIpc) is 1.67. The van der Waals surface area contributed by atoms with E-state index < -0.39 is 0 Å². The number of carbonyl (C=O) groups excluding carboxylic acids is 5. The maximum absolute atomic E-state index is 12.2. The summed E-state index contributed by atoms with van der Waals surface area (Å²) in [5.41, 5.74) is 7.37. The van der Waals surface area contributed by atoms with Crippen LogP contribution in [-0.4, -0.2) is 157 Å². The fourth-order valence-corrected chi connectivity index (χ4v) is 24.2. The van der Waals surface area contributed by atoms with Crippen LogP contribution in [0, 0.1) is 74.5 Å². The average molecular weight is 2570 g/mol. The van der Waals surface area contributed by atoms with Gasteiger partial charge in [0.05, 0.1) is 96.6 Å². The fourth-order valence-electron chi connectivity index (χ4n) is 16.5. The number of fused-ring (bicyclic) bond motifs is 5. The van der Waals surface area contributed by atoms with Gasteiger partial charge >= 0.3 is 102 Å². The Labute approximate surface area is 918 Å². The van der Waals surface area contributed by atoms with Gasteiger partial charge in [-0.05, 0) is 81.9 Å². The van der Waals surface area contributed by atoms with E-state index in [4.69, 9.17) is 4.74 Å². The van der Waals surface area contributed by atoms with Crippen molar-refractivity contribution in [1.29, 1.82) is 0 Å². The summed E-state index contributed by atoms with van der Waals surface area (Å²) < 4.78 is 5.11. The van der Waals surface area contributed by atoms with Crippen molar-refractivity contribution in [3.63, 3.8) is 0 Å². The predicted molar refractivity (Wildman–Crippen MR) is 562 cm³/mol. The molecule has 1 aromatic heterocycles. The molecule has 0 spiro atoms. The Kier molecular flexibility index (Phi) is 70.1. The number of benzene rings is 5. The van der Waals surface area contributed by atoms with Crippen LogP contribution in [0.15, 0.2) is 190 Å². The number of nitrogens with one attached hydrogen (secondary N) is 15. The molecular weight excluding hydrogens is 2430 g/mol. The van der Waals surface area contributed by atoms with Crippen LogP contribution in [0.5, 0.6) is 5.75 Å². The van der Waals surface area contributed by atoms with E-state index in [1.165, 1.54) is 0 Å². The second-order valence-electron chi connectivity index (χ2n) is 31.6. The SMILES string of the molecule is Br.Br.Br.C.C=C1N[C@H]2CSC(CCCCC(=O)Nc3cc[c-]c(C)c3)[C@H]2N1.C=C1N[C@H]2CSC(CCCCC(=O)Nc3cc[c-]c(OC)c3)[C@H]2N1.C=C1N[C@H]2CSC(CCCCC(=O)Nc3cc[c-]cc3)[C@H]2N1.C=C1N[C@H]2CSC(CCCCC(=O)Nc3cc[c-]nc3)[C@H]2N1.C=C1N[C@H]2CSC(CCCCC(=O)Nc3ccc(-c4cc[c-]cc4)cc3)[C@H]2N1.[CH3-].[CH3-].[CH3-].[CH3-].[CH3-].[Pd+2].[Pd+2].[Pd+2].[Pd+2].[Pd+2]. The van der Waals surface area contributed by atoms with Crippen LogP contribution in [0.2, 0.25) is 0 Å². The fraction of sp³-hybridized carbons (Fsp3) is 0.439. The third kappa shape index (κ3) is 43.3. The number of pyridine rings is 1. The summed E-state index contributed by atoms with van der Waals surface area (Å²) in [6, 6.07) is 54.8. The van der Waals surface area contributed by atoms with Crippen LogP contribution in [-0.2, 0) is 126 Å². The molecule has 0 saturated carbocycles. The smallest absolute Gasteiger partial charge is 0.523 e. The zero-order chi connectivity index (χ0) is 83.2. The summed E-state index contributed by atoms with van der Waals surface area (Å²) >= 11 is 10.1. The number of hydrogen-bond donors (Lipinski definition) is 15. The molecule has 6 aromatic rings. The third-order valence-electron chi connectivity index (χ3n) is 22.5. The molecule has 16 rings (SSSR count). The number of thioether (sulfide) groups is 5. The van der Waals surface area contributed by atoms with Gasteiger partial charge in [0, 0.05) is 98.6 Å². The molecular formula is C98H139Br3N16O6Pd5S5. The van der Waals surface area contributed by atoms with Crippen molar-refractivity contribution >= 4 is 168 Å². The molecule has 22 nitrogen and oxygen atoms in total. The molecule has 5 aromatic carbocycles. The molecule has 748 valence electrons. The van der Waals surface area contributed by atoms with E-state index in [0.717, 1.165) is 199 Å². The summed E-state index contributed by atoms with van der Waals surface area (Å²) in [7, 11) is 1.59. The van der Waals surface area contributed by atoms with Gasteiger partial charge in [-0.15, -0.1) is 105 Å². The van der Waals surface area contributed by atoms with Crippen molar-refractivity contribution in [2.24, 2.45) is 0 Å². The Morgan fingerprint density at radius 3 is 0.940 bits per heavy atom. The van der Waals surface area contributed by atoms with Gasteiger partial charge < -0.3 is 127 Å². The van der Waals surface area contributed by atoms with Crippen LogP contribution in [0.1, 0.15) is 141 Å². The Balaban J connectivity index is -0.00000155. The first-order chi connectivity index (χ1) is 57.9. The van der Waals surface area contributed by atoms with Crippen LogP contribution >= 0.6 is 110 Å². The molecule has 5 unspecified atom stereocenters. The topological polar surface area (TPSA) is 288 Å². The maximum Gasteiger partial charge on any atom is 2.00 e. The molecule has 5 amide bonds. The number of nitrogens with zero attached hydrogens (tertiary/aromatic N) is 1. The summed E-state index contributed by atoms with van der Waals surface area (Å²) in [4.78, 5) is 63.8. The number of aromatic nitrogens is 1. The quantitative estimate of drug-likeness (QED) is 0.0106. The van der Waals surface area contributed by atoms with Crippen LogP contribution in [0.4, 0.5) is 28.4 Å². The van der Waals surface area contributed by atoms with Gasteiger partial charge in [0.25, 0.3) is 0 Å². The number of aryl methyl sites for hydroxylation is 1. The number of ether oxygens (including phenoxy) is 1. The maximum atomic E-state index is 12.2. The minimum absolute atomic E-state index is 0. The normalized spacial score (nSPS) is 22.4. The van der Waals surface area contributed by atoms with Crippen molar-refractivity contribution in [2.75, 3.05) is 62.5 Å². The molecule has 0 radical (unpaired) electrons. The Hall–Kier alpha value is -4.40. The number of unbranched alkanes of at least 4 members (excludes halogenated alkanes) is 5. The standard InChI is InChI=1S/C23H26N3OS.C18H24N3O2S.C18H24N3OS.C17H22N3OS.C16H21N4OS.CH4.5CH3.3BrH.5Pd/c1-16-24-20-15-28-21(23(20)25-16)9-5-6-10-22(27)26-19-13-11-18(12-14-19)17-7-3-2-4-8-17;1-12-19-15-11-24-16(18(15)20-12)8-3-4-9-17(22)21-13-6-5-7-14(10-13)23-2;1-12-6-5-7-14(10-12)21-17(22)9-4-3-8-16-18-15(11-23-16)19-13(2)20-18;1-12-18-14-11-22-15(17(14)19-12)9-5-6-10-16(21)20-13-7-3-2-4-8-13;1-11-18-13-10-22-14(16(13)19-11)6-2-3-7-15(21)20-12-5-4-8-17-9-12;;;;;;;;;;;;;;/h3-4,7-8,11-14,20-21,23-25H,1,5-6,9-10,15H2,(H,26,27);5-6,10,15-16,18-20H,1,3-4,8-9,11H2,2H3,(H,21,22);5,7,10,15-16,18-20H,2-4,8-9,11H2,1H3,(H,21,22);3-4,7-8,14-15,17-19H,1,5-6,9-11H2,(H,20,21);4-5,9,13-14,16,18-19H,1-3,6-7,10H2,(H,20,21);1H4;5*1H3;3*1H;;;;;/q5*-1;;5*-1;;;;5*+2/t20-,21?,23-;2*15-,16?,18-;14-,15?,17-;13-,14?,16-;;;;;;;;;;;;;;/m00000............../s1. The van der Waals surface area contributed by atoms with E-state index in [-0.39, 0.29) is 227 Å². The second kappa shape index (κ2) is 70.3. The summed E-state index contributed by atoms with van der Waals surface area (Å²) in [5.74, 6) is 11.5. The van der Waals surface area contributed by atoms with E-state index in [1.807, 2.05) is 151 Å². The van der Waals surface area contributed by atoms with Gasteiger partial charge in [0.2, 0.25) is 29.5 Å². The molecule has 10 aliphatic heterocycles. The van der Waals surface area contributed by atoms with Gasteiger partial charge in [-0.25, -0.2) is 0 Å². The second-order valence-corrected chi connectivity index (χ2v) is 37.9. The minimum Gasteiger partial charge on any atom is -0.523 e. The summed E-state index contributed by atoms with van der Waals surface area (Å²) in [6.07, 6.45) is 22.9. The largest absolute Gasteiger partial charge is 2.00 e. The van der Waals surface area contributed by atoms with Gasteiger partial charge in [0.1, 0.15) is 0 Å². The van der Waals surface area contributed by atoms with E-state index in [0.29, 0.717) is 125 Å². The van der Waals surface area contributed by atoms with Gasteiger partial charge in [-0.1, -0.05) is 127 Å². The van der Waals surface area contributed by atoms with Crippen molar-refractivity contribution < 1.29 is 131 Å². The zero-order valence-electron chi connectivity index (χ0n) is 76.2. The summed E-state index contributed by atoms with van der Waals surface area (Å²) in [5, 5.41) is 51.9. The molecule has 15 atom stereocenters. The molecule has 0 bridgehead atoms. The first kappa shape index (κ1) is 133. The molecule has 133 heavy (non-hydrogen) atoms. The minimum atomic E-state index is 0. The van der Waals surface area contributed by atoms with Crippen LogP contribution in [0.3, 0.4) is 0 Å². The first-order valence-corrected chi connectivity index (χ1v) is 47.2. The van der Waals surface area contributed by atoms with Crippen molar-refractivity contribution in [1.82, 2.24) is 58.2 Å². The molecule has 10 fully saturated rings. The Bertz CT molecular complexity index is 4300. The molecule has 15 N–H and O–H groups in total. The summed E-state index contributed by atoms with van der Waals surface area (Å²) in [6.45, 7) is 21.7. The van der Waals surface area contributed by atoms with Gasteiger partial charge in [0.15, 0.2) is 0 Å². The number of rotatable bonds is 32. The van der Waals surface area contributed by atoms with E-state index in [2.05, 4.69) is 148 Å². The number of hydrogen-bond acceptors (Lipinski definition) is 22. The number of anilines is 5. The molecule has 10 aliphatic rings. The third-order valence-corrected chi connectivity index (χ3v) is 30.0. The van der Waals surface area contributed by atoms with Crippen molar-refractivity contribution in [3.05, 3.63) is 263 Å². The van der Waals surface area contributed by atoms with Crippen LogP contribution in [0.25, 0.3) is 11.1 Å². The van der Waals surface area contributed by atoms with Gasteiger partial charge in [-0.3, -0.25) is 24.0 Å². The zero-order valence-corrected chi connectivity index (χ0v) is 93.2. The molecule has 35 heteroatoms. The number of methoxy groups -OCH3 is 1. The molecule has 10 saturated heterocycles. The van der Waals surface area contributed by atoms with E-state index in [1.54, 1.807) is 49.7 Å². The monoisotopic (exact) mass is 2560 g/mol. The number of halogens is 3. The number of carbonyl (C=O) groups is 5. The predicted octanol–water partition coefficient (Wildman–Crippen LogP) is 18.5. The molecule has 0 aliphatic carbocycles. The van der Waals surface area contributed by atoms with E-state index >= 15 is 0 Å². The van der Waals surface area contributed by atoms with Crippen molar-refractivity contribution in [3.8, 4) is 16.9 Å². The van der Waals surface area contributed by atoms with Crippen LogP contribution < -0.4 is 84.5 Å². The Morgan fingerprint density at radius 2 is 0.632 bits per heavy atom. The molecule has 11 heterocycles. The first-order valence-electron chi connectivity index (χ1n) is 42.0. The Morgan fingerprint density at radius 1 is 0.361 bits per heavy atom. The van der Waals surface area contributed by atoms with E-state index in [9.17, 15) is 24.0 Å². The van der Waals surface area contributed by atoms with Gasteiger partial charge in [-0.2, -0.15) is 137 Å². The van der Waals surface area contributed by atoms with Crippen molar-refractivity contribution in [2.45, 2.75) is 229 Å².